The Bertz CT molecular complexity index is 847. The topological polar surface area (TPSA) is 64.4 Å². The molecule has 2 aromatic rings. The highest BCUT2D eigenvalue weighted by Gasteiger charge is 2.38. The molecule has 1 saturated heterocycles. The molecule has 0 saturated carbocycles. The maximum absolute atomic E-state index is 13.6. The summed E-state index contributed by atoms with van der Waals surface area (Å²) in [4.78, 5) is 6.53. The third-order valence-electron chi connectivity index (χ3n) is 6.03. The summed E-state index contributed by atoms with van der Waals surface area (Å²) in [7, 11) is 1.64. The molecule has 0 spiro atoms. The Labute approximate surface area is 175 Å². The van der Waals surface area contributed by atoms with Crippen LogP contribution in [0.1, 0.15) is 37.8 Å². The van der Waals surface area contributed by atoms with Gasteiger partial charge in [-0.15, -0.1) is 0 Å². The number of ether oxygens (including phenoxy) is 2. The molecule has 4 rings (SSSR count). The number of nitrogens with zero attached hydrogens (tertiary/aromatic N) is 4. The van der Waals surface area contributed by atoms with E-state index >= 15 is 0 Å². The van der Waals surface area contributed by atoms with Crippen molar-refractivity contribution in [3.05, 3.63) is 30.1 Å². The second kappa shape index (κ2) is 9.16. The minimum atomic E-state index is -2.45. The zero-order valence-electron chi connectivity index (χ0n) is 17.4. The fourth-order valence-corrected chi connectivity index (χ4v) is 4.61. The number of methoxy groups -OCH3 is 1. The van der Waals surface area contributed by atoms with Gasteiger partial charge in [-0.3, -0.25) is 4.90 Å². The number of anilines is 1. The average Bonchev–Trinajstić information content (AvgIpc) is 3.22. The lowest BCUT2D eigenvalue weighted by Gasteiger charge is -2.40. The monoisotopic (exact) mass is 421 g/mol. The molecule has 0 radical (unpaired) electrons. The summed E-state index contributed by atoms with van der Waals surface area (Å²) in [5.41, 5.74) is 1.15. The van der Waals surface area contributed by atoms with Crippen molar-refractivity contribution >= 4 is 5.95 Å². The van der Waals surface area contributed by atoms with Gasteiger partial charge in [-0.2, -0.15) is 10.1 Å². The number of hydrogen-bond donors (Lipinski definition) is 1. The molecule has 9 heteroatoms. The first-order valence-electron chi connectivity index (χ1n) is 10.5. The molecule has 3 atom stereocenters. The third kappa shape index (κ3) is 4.35. The van der Waals surface area contributed by atoms with E-state index in [-0.39, 0.29) is 12.0 Å². The van der Waals surface area contributed by atoms with Crippen LogP contribution in [0.3, 0.4) is 0 Å². The van der Waals surface area contributed by atoms with Gasteiger partial charge in [0.05, 0.1) is 13.7 Å². The largest absolute Gasteiger partial charge is 0.493 e. The van der Waals surface area contributed by atoms with Crippen molar-refractivity contribution in [3.63, 3.8) is 0 Å². The van der Waals surface area contributed by atoms with Gasteiger partial charge in [0.1, 0.15) is 12.4 Å². The van der Waals surface area contributed by atoms with Crippen LogP contribution in [0.4, 0.5) is 14.7 Å². The summed E-state index contributed by atoms with van der Waals surface area (Å²) >= 11 is 0. The Balaban J connectivity index is 1.43. The summed E-state index contributed by atoms with van der Waals surface area (Å²) in [5.74, 6) is 2.21. The van der Waals surface area contributed by atoms with Crippen molar-refractivity contribution in [2.24, 2.45) is 5.92 Å². The molecule has 1 aromatic heterocycles. The predicted molar refractivity (Wildman–Crippen MR) is 109 cm³/mol. The van der Waals surface area contributed by atoms with E-state index in [0.29, 0.717) is 19.0 Å². The minimum absolute atomic E-state index is 0.0293. The van der Waals surface area contributed by atoms with Crippen molar-refractivity contribution in [2.45, 2.75) is 51.2 Å². The molecule has 2 aliphatic heterocycles. The van der Waals surface area contributed by atoms with Gasteiger partial charge in [0.25, 0.3) is 6.43 Å². The molecule has 1 unspecified atom stereocenters. The minimum Gasteiger partial charge on any atom is -0.493 e. The number of nitrogens with one attached hydrogen (secondary N) is 1. The zero-order chi connectivity index (χ0) is 21.1. The summed E-state index contributed by atoms with van der Waals surface area (Å²) in [6.07, 6.45) is 1.32. The quantitative estimate of drug-likeness (QED) is 0.737. The number of fused-ring (bicyclic) bond motifs is 1. The molecule has 7 nitrogen and oxygen atoms in total. The molecular weight excluding hydrogens is 392 g/mol. The fraction of sp³-hybridized carbons (Fsp3) is 0.619. The molecular formula is C21H29F2N5O2. The molecule has 2 aliphatic rings. The smallest absolute Gasteiger partial charge is 0.260 e. The Morgan fingerprint density at radius 1 is 1.30 bits per heavy atom. The maximum Gasteiger partial charge on any atom is 0.260 e. The molecule has 164 valence electrons. The molecule has 1 fully saturated rings. The second-order valence-corrected chi connectivity index (χ2v) is 7.97. The highest BCUT2D eigenvalue weighted by molar-refractivity contribution is 5.43. The van der Waals surface area contributed by atoms with Crippen LogP contribution >= 0.6 is 0 Å². The molecule has 1 N–H and O–H groups in total. The van der Waals surface area contributed by atoms with Crippen LogP contribution in [0.2, 0.25) is 0 Å². The lowest BCUT2D eigenvalue weighted by Crippen LogP contribution is -2.46. The Hall–Kier alpha value is -2.42. The van der Waals surface area contributed by atoms with E-state index in [0.717, 1.165) is 49.5 Å². The van der Waals surface area contributed by atoms with Crippen molar-refractivity contribution in [3.8, 4) is 11.5 Å². The number of alkyl halides is 2. The molecule has 30 heavy (non-hydrogen) atoms. The van der Waals surface area contributed by atoms with Crippen molar-refractivity contribution in [2.75, 3.05) is 32.1 Å². The van der Waals surface area contributed by atoms with Crippen molar-refractivity contribution in [1.82, 2.24) is 19.7 Å². The zero-order valence-corrected chi connectivity index (χ0v) is 17.4. The van der Waals surface area contributed by atoms with Gasteiger partial charge in [0.15, 0.2) is 11.5 Å². The van der Waals surface area contributed by atoms with Gasteiger partial charge in [-0.25, -0.2) is 13.5 Å². The van der Waals surface area contributed by atoms with E-state index in [2.05, 4.69) is 26.4 Å². The predicted octanol–water partition coefficient (Wildman–Crippen LogP) is 3.59. The first-order valence-corrected chi connectivity index (χ1v) is 10.5. The van der Waals surface area contributed by atoms with E-state index < -0.39 is 12.5 Å². The average molecular weight is 421 g/mol. The van der Waals surface area contributed by atoms with Gasteiger partial charge in [0.2, 0.25) is 5.95 Å². The highest BCUT2D eigenvalue weighted by atomic mass is 19.3. The lowest BCUT2D eigenvalue weighted by molar-refractivity contribution is 0.0550. The normalized spacial score (nSPS) is 24.4. The standard InChI is InChI=1S/C21H29F2N5O2/c1-3-30-19-9-14(6-7-18(19)29-2)11-27-8-4-5-15(12-27)16-10-17(20(22)23)28-21(26-16)24-13-25-28/h6-7,9,13,15-17,20H,3-5,8,10-12H2,1-2H3,(H,24,25,26)/t15?,16-,17+/m0/s1. The SMILES string of the molecule is CCOc1cc(CN2CCCC([C@@H]3C[C@H](C(F)F)n4ncnc4N3)C2)ccc1OC. The van der Waals surface area contributed by atoms with E-state index in [9.17, 15) is 8.78 Å². The number of piperidine rings is 1. The molecule has 0 aliphatic carbocycles. The van der Waals surface area contributed by atoms with Gasteiger partial charge in [-0.1, -0.05) is 6.07 Å². The third-order valence-corrected chi connectivity index (χ3v) is 6.03. The molecule has 1 aromatic carbocycles. The number of halogens is 2. The van der Waals surface area contributed by atoms with Gasteiger partial charge >= 0.3 is 0 Å². The van der Waals surface area contributed by atoms with Crippen LogP contribution in [-0.4, -0.2) is 58.9 Å². The summed E-state index contributed by atoms with van der Waals surface area (Å²) in [6, 6.07) is 5.07. The number of aromatic nitrogens is 3. The van der Waals surface area contributed by atoms with E-state index in [4.69, 9.17) is 9.47 Å². The Morgan fingerprint density at radius 2 is 2.17 bits per heavy atom. The Morgan fingerprint density at radius 3 is 2.93 bits per heavy atom. The van der Waals surface area contributed by atoms with Gasteiger partial charge in [-0.05, 0) is 56.3 Å². The first kappa shape index (κ1) is 20.8. The second-order valence-electron chi connectivity index (χ2n) is 7.97. The van der Waals surface area contributed by atoms with Crippen LogP contribution in [0.25, 0.3) is 0 Å². The summed E-state index contributed by atoms with van der Waals surface area (Å²) in [5, 5.41) is 7.33. The van der Waals surface area contributed by atoms with Crippen molar-refractivity contribution < 1.29 is 18.3 Å². The van der Waals surface area contributed by atoms with E-state index in [1.165, 1.54) is 11.0 Å². The first-order chi connectivity index (χ1) is 14.6. The molecule has 0 bridgehead atoms. The molecule has 0 amide bonds. The molecule has 3 heterocycles. The number of hydrogen-bond acceptors (Lipinski definition) is 6. The van der Waals surface area contributed by atoms with Crippen LogP contribution in [0, 0.1) is 5.92 Å². The van der Waals surface area contributed by atoms with Crippen LogP contribution in [0.15, 0.2) is 24.5 Å². The maximum atomic E-state index is 13.6. The van der Waals surface area contributed by atoms with Crippen molar-refractivity contribution in [1.29, 1.82) is 0 Å². The summed E-state index contributed by atoms with van der Waals surface area (Å²) < 4.78 is 39.6. The number of likely N-dealkylation sites (tertiary alicyclic amines) is 1. The number of rotatable bonds is 7. The highest BCUT2D eigenvalue weighted by Crippen LogP contribution is 2.35. The van der Waals surface area contributed by atoms with Gasteiger partial charge < -0.3 is 14.8 Å². The Kier molecular flexibility index (Phi) is 6.36. The van der Waals surface area contributed by atoms with Gasteiger partial charge in [0, 0.05) is 19.1 Å². The van der Waals surface area contributed by atoms with Crippen LogP contribution in [0.5, 0.6) is 11.5 Å². The lowest BCUT2D eigenvalue weighted by atomic mass is 9.86. The van der Waals surface area contributed by atoms with Crippen LogP contribution in [-0.2, 0) is 6.54 Å². The summed E-state index contributed by atoms with van der Waals surface area (Å²) in [6.45, 7) is 5.17. The van der Waals surface area contributed by atoms with E-state index in [1.54, 1.807) is 7.11 Å². The number of benzene rings is 1. The van der Waals surface area contributed by atoms with Crippen LogP contribution < -0.4 is 14.8 Å². The fourth-order valence-electron chi connectivity index (χ4n) is 4.61. The van der Waals surface area contributed by atoms with E-state index in [1.807, 2.05) is 19.1 Å².